The average molecular weight is 429 g/mol. The van der Waals surface area contributed by atoms with Gasteiger partial charge in [-0.1, -0.05) is 11.6 Å². The second-order valence-electron chi connectivity index (χ2n) is 5.89. The van der Waals surface area contributed by atoms with Crippen molar-refractivity contribution in [3.05, 3.63) is 58.1 Å². The number of nitrogens with one attached hydrogen (secondary N) is 1. The fourth-order valence-electron chi connectivity index (χ4n) is 2.55. The highest BCUT2D eigenvalue weighted by atomic mass is 35.5. The third-order valence-electron chi connectivity index (χ3n) is 3.87. The van der Waals surface area contributed by atoms with Crippen LogP contribution in [-0.4, -0.2) is 32.2 Å². The zero-order chi connectivity index (χ0) is 22.1. The SMILES string of the molecule is CCOC(=O)c1ccc(NC(=O)/C(C#N)=C/c2cc(Cl)c(OC)c(OCC)c2)cc1. The van der Waals surface area contributed by atoms with Crippen LogP contribution in [0.5, 0.6) is 11.5 Å². The molecule has 0 aliphatic carbocycles. The summed E-state index contributed by atoms with van der Waals surface area (Å²) in [5, 5.41) is 12.3. The number of benzene rings is 2. The molecule has 0 saturated heterocycles. The van der Waals surface area contributed by atoms with Crippen LogP contribution in [0.1, 0.15) is 29.8 Å². The number of methoxy groups -OCH3 is 1. The van der Waals surface area contributed by atoms with Crippen molar-refractivity contribution in [1.29, 1.82) is 5.26 Å². The quantitative estimate of drug-likeness (QED) is 0.378. The van der Waals surface area contributed by atoms with Gasteiger partial charge in [0.15, 0.2) is 11.5 Å². The van der Waals surface area contributed by atoms with E-state index in [1.807, 2.05) is 13.0 Å². The molecule has 0 radical (unpaired) electrons. The van der Waals surface area contributed by atoms with Gasteiger partial charge in [0.2, 0.25) is 0 Å². The van der Waals surface area contributed by atoms with Crippen LogP contribution in [0, 0.1) is 11.3 Å². The Morgan fingerprint density at radius 3 is 2.43 bits per heavy atom. The van der Waals surface area contributed by atoms with Crippen LogP contribution in [0.15, 0.2) is 42.0 Å². The van der Waals surface area contributed by atoms with Crippen molar-refractivity contribution in [2.75, 3.05) is 25.6 Å². The molecule has 8 heteroatoms. The minimum Gasteiger partial charge on any atom is -0.491 e. The molecule has 0 bridgehead atoms. The lowest BCUT2D eigenvalue weighted by atomic mass is 10.1. The van der Waals surface area contributed by atoms with Gasteiger partial charge in [-0.15, -0.1) is 0 Å². The largest absolute Gasteiger partial charge is 0.491 e. The molecule has 0 aromatic heterocycles. The number of ether oxygens (including phenoxy) is 3. The highest BCUT2D eigenvalue weighted by Gasteiger charge is 2.14. The van der Waals surface area contributed by atoms with E-state index in [1.165, 1.54) is 25.3 Å². The first-order chi connectivity index (χ1) is 14.4. The number of amides is 1. The van der Waals surface area contributed by atoms with Gasteiger partial charge in [-0.3, -0.25) is 4.79 Å². The van der Waals surface area contributed by atoms with Crippen molar-refractivity contribution >= 4 is 35.2 Å². The molecule has 0 atom stereocenters. The Hall–Kier alpha value is -3.50. The Balaban J connectivity index is 2.23. The number of esters is 1. The van der Waals surface area contributed by atoms with Gasteiger partial charge < -0.3 is 19.5 Å². The molecule has 156 valence electrons. The van der Waals surface area contributed by atoms with Crippen LogP contribution in [-0.2, 0) is 9.53 Å². The Labute approximate surface area is 179 Å². The van der Waals surface area contributed by atoms with Gasteiger partial charge in [0.05, 0.1) is 30.9 Å². The molecule has 0 fully saturated rings. The standard InChI is InChI=1S/C22H21ClN2O5/c1-4-29-19-12-14(11-18(23)20(19)28-3)10-16(13-24)21(26)25-17-8-6-15(7-9-17)22(27)30-5-2/h6-12H,4-5H2,1-3H3,(H,25,26)/b16-10+. The summed E-state index contributed by atoms with van der Waals surface area (Å²) >= 11 is 6.21. The summed E-state index contributed by atoms with van der Waals surface area (Å²) in [6.45, 7) is 4.20. The molecule has 2 aromatic rings. The van der Waals surface area contributed by atoms with Gasteiger partial charge in [0, 0.05) is 5.69 Å². The fourth-order valence-corrected chi connectivity index (χ4v) is 2.85. The Bertz CT molecular complexity index is 994. The van der Waals surface area contributed by atoms with Crippen molar-refractivity contribution < 1.29 is 23.8 Å². The maximum atomic E-state index is 12.5. The molecule has 0 aliphatic rings. The van der Waals surface area contributed by atoms with E-state index < -0.39 is 11.9 Å². The zero-order valence-electron chi connectivity index (χ0n) is 16.8. The lowest BCUT2D eigenvalue weighted by Crippen LogP contribution is -2.13. The van der Waals surface area contributed by atoms with E-state index in [0.717, 1.165) is 0 Å². The summed E-state index contributed by atoms with van der Waals surface area (Å²) in [5.41, 5.74) is 1.17. The van der Waals surface area contributed by atoms with Crippen molar-refractivity contribution in [3.8, 4) is 17.6 Å². The molecule has 0 unspecified atom stereocenters. The third kappa shape index (κ3) is 5.75. The molecule has 1 N–H and O–H groups in total. The molecular weight excluding hydrogens is 408 g/mol. The second-order valence-corrected chi connectivity index (χ2v) is 6.30. The lowest BCUT2D eigenvalue weighted by molar-refractivity contribution is -0.112. The van der Waals surface area contributed by atoms with Gasteiger partial charge in [0.25, 0.3) is 5.91 Å². The highest BCUT2D eigenvalue weighted by molar-refractivity contribution is 6.32. The number of anilines is 1. The number of nitrogens with zero attached hydrogens (tertiary/aromatic N) is 1. The molecule has 0 heterocycles. The van der Waals surface area contributed by atoms with Gasteiger partial charge in [-0.05, 0) is 61.9 Å². The van der Waals surface area contributed by atoms with E-state index in [4.69, 9.17) is 25.8 Å². The number of hydrogen-bond acceptors (Lipinski definition) is 6. The summed E-state index contributed by atoms with van der Waals surface area (Å²) in [6, 6.07) is 11.2. The van der Waals surface area contributed by atoms with Crippen LogP contribution in [0.2, 0.25) is 5.02 Å². The van der Waals surface area contributed by atoms with Crippen LogP contribution < -0.4 is 14.8 Å². The van der Waals surface area contributed by atoms with Crippen molar-refractivity contribution in [2.24, 2.45) is 0 Å². The molecule has 0 spiro atoms. The topological polar surface area (TPSA) is 97.7 Å². The van der Waals surface area contributed by atoms with E-state index in [1.54, 1.807) is 31.2 Å². The van der Waals surface area contributed by atoms with Crippen LogP contribution in [0.3, 0.4) is 0 Å². The number of carbonyl (C=O) groups excluding carboxylic acids is 2. The number of hydrogen-bond donors (Lipinski definition) is 1. The number of carbonyl (C=O) groups is 2. The van der Waals surface area contributed by atoms with Gasteiger partial charge in [-0.2, -0.15) is 5.26 Å². The van der Waals surface area contributed by atoms with Gasteiger partial charge in [-0.25, -0.2) is 4.79 Å². The van der Waals surface area contributed by atoms with E-state index in [-0.39, 0.29) is 12.2 Å². The van der Waals surface area contributed by atoms with Crippen molar-refractivity contribution in [3.63, 3.8) is 0 Å². The first-order valence-corrected chi connectivity index (χ1v) is 9.51. The number of nitriles is 1. The molecule has 30 heavy (non-hydrogen) atoms. The first-order valence-electron chi connectivity index (χ1n) is 9.14. The van der Waals surface area contributed by atoms with Crippen molar-refractivity contribution in [1.82, 2.24) is 0 Å². The Morgan fingerprint density at radius 2 is 1.87 bits per heavy atom. The van der Waals surface area contributed by atoms with Crippen LogP contribution in [0.4, 0.5) is 5.69 Å². The predicted molar refractivity (Wildman–Crippen MR) is 114 cm³/mol. The lowest BCUT2D eigenvalue weighted by Gasteiger charge is -2.12. The summed E-state index contributed by atoms with van der Waals surface area (Å²) in [4.78, 5) is 24.2. The highest BCUT2D eigenvalue weighted by Crippen LogP contribution is 2.37. The summed E-state index contributed by atoms with van der Waals surface area (Å²) in [7, 11) is 1.47. The van der Waals surface area contributed by atoms with E-state index in [2.05, 4.69) is 5.32 Å². The molecule has 7 nitrogen and oxygen atoms in total. The van der Waals surface area contributed by atoms with E-state index in [0.29, 0.717) is 39.9 Å². The third-order valence-corrected chi connectivity index (χ3v) is 4.15. The summed E-state index contributed by atoms with van der Waals surface area (Å²) < 4.78 is 15.7. The molecule has 2 rings (SSSR count). The smallest absolute Gasteiger partial charge is 0.338 e. The summed E-state index contributed by atoms with van der Waals surface area (Å²) in [5.74, 6) is -0.271. The molecule has 0 aliphatic heterocycles. The molecular formula is C22H21ClN2O5. The molecule has 1 amide bonds. The Kier molecular flexibility index (Phi) is 8.27. The minimum absolute atomic E-state index is 0.131. The van der Waals surface area contributed by atoms with Crippen molar-refractivity contribution in [2.45, 2.75) is 13.8 Å². The average Bonchev–Trinajstić information content (AvgIpc) is 2.72. The van der Waals surface area contributed by atoms with Gasteiger partial charge >= 0.3 is 5.97 Å². The normalized spacial score (nSPS) is 10.7. The van der Waals surface area contributed by atoms with Crippen LogP contribution >= 0.6 is 11.6 Å². The maximum Gasteiger partial charge on any atom is 0.338 e. The molecule has 2 aromatic carbocycles. The number of rotatable bonds is 8. The second kappa shape index (κ2) is 10.9. The zero-order valence-corrected chi connectivity index (χ0v) is 17.6. The van der Waals surface area contributed by atoms with E-state index >= 15 is 0 Å². The summed E-state index contributed by atoms with van der Waals surface area (Å²) in [6.07, 6.45) is 1.40. The maximum absolute atomic E-state index is 12.5. The van der Waals surface area contributed by atoms with Gasteiger partial charge in [0.1, 0.15) is 11.6 Å². The Morgan fingerprint density at radius 1 is 1.17 bits per heavy atom. The molecule has 0 saturated carbocycles. The monoisotopic (exact) mass is 428 g/mol. The first kappa shape index (κ1) is 22.8. The number of halogens is 1. The minimum atomic E-state index is -0.605. The predicted octanol–water partition coefficient (Wildman–Crippen LogP) is 4.47. The van der Waals surface area contributed by atoms with E-state index in [9.17, 15) is 14.9 Å². The fraction of sp³-hybridized carbons (Fsp3) is 0.227. The van der Waals surface area contributed by atoms with Crippen LogP contribution in [0.25, 0.3) is 6.08 Å².